The van der Waals surface area contributed by atoms with Crippen LogP contribution in [0.4, 0.5) is 0 Å². The summed E-state index contributed by atoms with van der Waals surface area (Å²) >= 11 is 5.86. The molecule has 1 fully saturated rings. The lowest BCUT2D eigenvalue weighted by Crippen LogP contribution is -2.44. The van der Waals surface area contributed by atoms with Gasteiger partial charge in [-0.3, -0.25) is 9.69 Å². The van der Waals surface area contributed by atoms with Crippen LogP contribution in [-0.2, 0) is 11.2 Å². The van der Waals surface area contributed by atoms with Crippen molar-refractivity contribution >= 4 is 34.1 Å². The molecule has 0 bridgehead atoms. The molecule has 2 aliphatic heterocycles. The summed E-state index contributed by atoms with van der Waals surface area (Å²) in [6.45, 7) is 2.82. The summed E-state index contributed by atoms with van der Waals surface area (Å²) in [7, 11) is 1.67. The number of hydrogen-bond donors (Lipinski definition) is 1. The van der Waals surface area contributed by atoms with Gasteiger partial charge < -0.3 is 14.6 Å². The zero-order chi connectivity index (χ0) is 20.8. The Kier molecular flexibility index (Phi) is 4.74. The molecule has 2 atom stereocenters. The maximum absolute atomic E-state index is 13.4. The average Bonchev–Trinajstić information content (AvgIpc) is 3.26. The molecule has 5 nitrogen and oxygen atoms in total. The first-order chi connectivity index (χ1) is 14.6. The van der Waals surface area contributed by atoms with Gasteiger partial charge in [0.1, 0.15) is 11.8 Å². The van der Waals surface area contributed by atoms with Crippen molar-refractivity contribution in [2.75, 3.05) is 13.7 Å². The molecule has 0 spiro atoms. The largest absolute Gasteiger partial charge is 0.497 e. The van der Waals surface area contributed by atoms with Crippen LogP contribution in [0.5, 0.6) is 5.75 Å². The predicted octanol–water partition coefficient (Wildman–Crippen LogP) is 4.42. The monoisotopic (exact) mass is 419 g/mol. The van der Waals surface area contributed by atoms with Gasteiger partial charge in [0.05, 0.1) is 13.2 Å². The van der Waals surface area contributed by atoms with E-state index in [4.69, 9.17) is 17.0 Å². The molecule has 3 aromatic rings. The maximum atomic E-state index is 13.4. The van der Waals surface area contributed by atoms with E-state index in [0.717, 1.165) is 35.4 Å². The summed E-state index contributed by atoms with van der Waals surface area (Å²) in [6.07, 6.45) is 2.66. The Balaban J connectivity index is 1.66. The molecule has 5 rings (SSSR count). The lowest BCUT2D eigenvalue weighted by molar-refractivity contribution is -0.128. The van der Waals surface area contributed by atoms with Gasteiger partial charge in [0.25, 0.3) is 5.91 Å². The number of para-hydroxylation sites is 1. The van der Waals surface area contributed by atoms with Crippen LogP contribution in [-0.4, -0.2) is 45.5 Å². The predicted molar refractivity (Wildman–Crippen MR) is 122 cm³/mol. The number of carbonyl (C=O) groups excluding carboxylic acids is 1. The van der Waals surface area contributed by atoms with Gasteiger partial charge in [0.15, 0.2) is 5.11 Å². The number of nitrogens with one attached hydrogen (secondary N) is 1. The number of ether oxygens (including phenoxy) is 1. The Hall–Kier alpha value is -2.86. The summed E-state index contributed by atoms with van der Waals surface area (Å²) < 4.78 is 5.35. The summed E-state index contributed by atoms with van der Waals surface area (Å²) in [4.78, 5) is 21.0. The fourth-order valence-electron chi connectivity index (χ4n) is 4.78. The highest BCUT2D eigenvalue weighted by Crippen LogP contribution is 2.44. The van der Waals surface area contributed by atoms with Crippen LogP contribution in [0.25, 0.3) is 10.9 Å². The number of carbonyl (C=O) groups is 1. The van der Waals surface area contributed by atoms with Crippen molar-refractivity contribution in [3.05, 3.63) is 65.4 Å². The first kappa shape index (κ1) is 19.1. The molecule has 0 radical (unpaired) electrons. The van der Waals surface area contributed by atoms with Crippen molar-refractivity contribution in [3.63, 3.8) is 0 Å². The number of benzene rings is 2. The minimum atomic E-state index is -0.256. The Morgan fingerprint density at radius 1 is 1.17 bits per heavy atom. The van der Waals surface area contributed by atoms with Gasteiger partial charge in [-0.25, -0.2) is 0 Å². The molecule has 2 aliphatic rings. The molecule has 1 amide bonds. The van der Waals surface area contributed by atoms with Crippen molar-refractivity contribution in [2.45, 2.75) is 38.3 Å². The summed E-state index contributed by atoms with van der Waals surface area (Å²) in [5, 5.41) is 1.83. The van der Waals surface area contributed by atoms with E-state index < -0.39 is 0 Å². The highest BCUT2D eigenvalue weighted by Gasteiger charge is 2.50. The molecule has 30 heavy (non-hydrogen) atoms. The van der Waals surface area contributed by atoms with Crippen molar-refractivity contribution in [3.8, 4) is 5.75 Å². The zero-order valence-electron chi connectivity index (χ0n) is 17.2. The molecule has 1 saturated heterocycles. The Morgan fingerprint density at radius 2 is 1.93 bits per heavy atom. The van der Waals surface area contributed by atoms with Gasteiger partial charge in [0, 0.05) is 29.6 Å². The normalized spacial score (nSPS) is 20.6. The molecule has 2 aromatic carbocycles. The van der Waals surface area contributed by atoms with Crippen molar-refractivity contribution < 1.29 is 9.53 Å². The van der Waals surface area contributed by atoms with Crippen LogP contribution in [0.3, 0.4) is 0 Å². The minimum Gasteiger partial charge on any atom is -0.497 e. The van der Waals surface area contributed by atoms with Crippen molar-refractivity contribution in [1.82, 2.24) is 14.8 Å². The standard InChI is InChI=1S/C24H25N3O2S/c1-3-4-13-26-23(28)20-14-18-17-7-5-6-8-19(17)25-21(18)22(27(20)24(26)30)15-9-11-16(29-2)12-10-15/h5-12,20,22,25H,3-4,13-14H2,1-2H3/t20-,22-/m0/s1. The lowest BCUT2D eigenvalue weighted by atomic mass is 9.89. The van der Waals surface area contributed by atoms with Gasteiger partial charge in [-0.15, -0.1) is 0 Å². The maximum Gasteiger partial charge on any atom is 0.251 e. The van der Waals surface area contributed by atoms with Crippen LogP contribution < -0.4 is 4.74 Å². The van der Waals surface area contributed by atoms with Gasteiger partial charge in [-0.05, 0) is 48.0 Å². The smallest absolute Gasteiger partial charge is 0.251 e. The molecule has 0 saturated carbocycles. The number of aromatic nitrogens is 1. The molecule has 0 unspecified atom stereocenters. The Morgan fingerprint density at radius 3 is 2.67 bits per heavy atom. The topological polar surface area (TPSA) is 48.6 Å². The molecule has 6 heteroatoms. The van der Waals surface area contributed by atoms with E-state index >= 15 is 0 Å². The molecule has 0 aliphatic carbocycles. The molecule has 154 valence electrons. The number of unbranched alkanes of at least 4 members (excludes halogenated alkanes) is 1. The van der Waals surface area contributed by atoms with E-state index in [1.165, 1.54) is 10.9 Å². The molecular formula is C24H25N3O2S. The number of fused-ring (bicyclic) bond motifs is 4. The number of nitrogens with zero attached hydrogens (tertiary/aromatic N) is 2. The number of thiocarbonyl (C=S) groups is 1. The van der Waals surface area contributed by atoms with Crippen LogP contribution in [0.1, 0.15) is 42.6 Å². The fourth-order valence-corrected chi connectivity index (χ4v) is 5.20. The highest BCUT2D eigenvalue weighted by molar-refractivity contribution is 7.80. The Labute approximate surface area is 181 Å². The number of aromatic amines is 1. The minimum absolute atomic E-state index is 0.125. The summed E-state index contributed by atoms with van der Waals surface area (Å²) in [6, 6.07) is 16.0. The first-order valence-corrected chi connectivity index (χ1v) is 10.9. The Bertz CT molecular complexity index is 1120. The van der Waals surface area contributed by atoms with E-state index in [-0.39, 0.29) is 18.0 Å². The van der Waals surface area contributed by atoms with Crippen molar-refractivity contribution in [2.24, 2.45) is 0 Å². The van der Waals surface area contributed by atoms with Gasteiger partial charge in [0.2, 0.25) is 0 Å². The third kappa shape index (κ3) is 2.82. The zero-order valence-corrected chi connectivity index (χ0v) is 18.0. The lowest BCUT2D eigenvalue weighted by Gasteiger charge is -2.37. The number of H-pyrrole nitrogens is 1. The summed E-state index contributed by atoms with van der Waals surface area (Å²) in [5.41, 5.74) is 4.55. The van der Waals surface area contributed by atoms with E-state index in [9.17, 15) is 4.79 Å². The second-order valence-electron chi connectivity index (χ2n) is 7.99. The second kappa shape index (κ2) is 7.43. The third-order valence-corrected chi connectivity index (χ3v) is 6.73. The van der Waals surface area contributed by atoms with Crippen LogP contribution >= 0.6 is 12.2 Å². The number of hydrogen-bond acceptors (Lipinski definition) is 3. The third-order valence-electron chi connectivity index (χ3n) is 6.30. The van der Waals surface area contributed by atoms with Gasteiger partial charge in [-0.1, -0.05) is 43.7 Å². The van der Waals surface area contributed by atoms with Crippen LogP contribution in [0.2, 0.25) is 0 Å². The number of methoxy groups -OCH3 is 1. The van der Waals surface area contributed by atoms with Gasteiger partial charge >= 0.3 is 0 Å². The van der Waals surface area contributed by atoms with E-state index in [1.54, 1.807) is 7.11 Å². The highest BCUT2D eigenvalue weighted by atomic mass is 32.1. The second-order valence-corrected chi connectivity index (χ2v) is 8.36. The first-order valence-electron chi connectivity index (χ1n) is 10.5. The molecule has 1 N–H and O–H groups in total. The van der Waals surface area contributed by atoms with Crippen LogP contribution in [0.15, 0.2) is 48.5 Å². The number of rotatable bonds is 5. The molecular weight excluding hydrogens is 394 g/mol. The molecule has 3 heterocycles. The van der Waals surface area contributed by atoms with Crippen molar-refractivity contribution in [1.29, 1.82) is 0 Å². The SMILES string of the molecule is CCCCN1C(=O)[C@@H]2Cc3c([nH]c4ccccc34)[C@H](c3ccc(OC)cc3)N2C1=S. The number of amides is 1. The van der Waals surface area contributed by atoms with E-state index in [2.05, 4.69) is 47.1 Å². The van der Waals surface area contributed by atoms with Gasteiger partial charge in [-0.2, -0.15) is 0 Å². The van der Waals surface area contributed by atoms with Crippen LogP contribution in [0, 0.1) is 0 Å². The molecule has 1 aromatic heterocycles. The fraction of sp³-hybridized carbons (Fsp3) is 0.333. The van der Waals surface area contributed by atoms with E-state index in [1.807, 2.05) is 23.1 Å². The van der Waals surface area contributed by atoms with E-state index in [0.29, 0.717) is 18.1 Å². The summed E-state index contributed by atoms with van der Waals surface area (Å²) in [5.74, 6) is 0.940. The average molecular weight is 420 g/mol. The quantitative estimate of drug-likeness (QED) is 0.622.